The molecule has 12 heteroatoms. The van der Waals surface area contributed by atoms with Crippen molar-refractivity contribution in [3.8, 4) is 0 Å². The maximum absolute atomic E-state index is 13.2. The van der Waals surface area contributed by atoms with Crippen LogP contribution in [0.2, 0.25) is 0 Å². The molecule has 0 unspecified atom stereocenters. The molecular formula is C20H26F2N4O5S. The Bertz CT molecular complexity index is 931. The normalized spacial score (nSPS) is 26.2. The third-order valence-electron chi connectivity index (χ3n) is 6.34. The molecule has 1 aliphatic carbocycles. The second-order valence-electron chi connectivity index (χ2n) is 8.30. The highest BCUT2D eigenvalue weighted by atomic mass is 32.3. The number of carbonyl (C=O) groups is 3. The van der Waals surface area contributed by atoms with Crippen LogP contribution in [-0.2, 0) is 11.3 Å². The van der Waals surface area contributed by atoms with Gasteiger partial charge >= 0.3 is 12.3 Å². The lowest BCUT2D eigenvalue weighted by atomic mass is 9.89. The van der Waals surface area contributed by atoms with Gasteiger partial charge in [0.15, 0.2) is 0 Å². The molecule has 2 aliphatic heterocycles. The summed E-state index contributed by atoms with van der Waals surface area (Å²) in [5, 5.41) is 0. The van der Waals surface area contributed by atoms with E-state index >= 15 is 0 Å². The number of halogens is 2. The molecule has 1 aromatic rings. The summed E-state index contributed by atoms with van der Waals surface area (Å²) in [5.74, 6) is -2.34. The molecule has 3 amide bonds. The zero-order valence-electron chi connectivity index (χ0n) is 17.3. The standard InChI is InChI=1S/C20H26F2N4O5S/c21-17(22)19(28)24-23-18(27)12-6-7-13-11-25(20(29)14(13)10-12)15-4-1-2-5-16(15)26-8-3-9-32(26,30)31/h6-7,10,15-17,30-31H,1-5,8-9,11H2,(H,23,27)(H,24,28)/t15-,16-/m1/s1. The van der Waals surface area contributed by atoms with Gasteiger partial charge in [-0.1, -0.05) is 18.9 Å². The van der Waals surface area contributed by atoms with E-state index in [1.54, 1.807) is 20.7 Å². The van der Waals surface area contributed by atoms with Crippen molar-refractivity contribution in [1.82, 2.24) is 20.1 Å². The van der Waals surface area contributed by atoms with Crippen molar-refractivity contribution in [3.05, 3.63) is 34.9 Å². The van der Waals surface area contributed by atoms with E-state index in [2.05, 4.69) is 0 Å². The second-order valence-corrected chi connectivity index (χ2v) is 10.4. The van der Waals surface area contributed by atoms with Gasteiger partial charge in [-0.25, -0.2) is 4.31 Å². The van der Waals surface area contributed by atoms with E-state index in [1.807, 2.05) is 5.43 Å². The molecule has 9 nitrogen and oxygen atoms in total. The summed E-state index contributed by atoms with van der Waals surface area (Å²) in [6.45, 7) is 0.944. The quantitative estimate of drug-likeness (QED) is 0.499. The fourth-order valence-electron chi connectivity index (χ4n) is 4.83. The molecule has 2 heterocycles. The van der Waals surface area contributed by atoms with Crippen LogP contribution in [0, 0.1) is 0 Å². The molecule has 2 fully saturated rings. The van der Waals surface area contributed by atoms with Crippen molar-refractivity contribution >= 4 is 28.5 Å². The Morgan fingerprint density at radius 2 is 1.81 bits per heavy atom. The van der Waals surface area contributed by atoms with Crippen LogP contribution in [0.15, 0.2) is 18.2 Å². The number of benzene rings is 1. The summed E-state index contributed by atoms with van der Waals surface area (Å²) in [6.07, 6.45) is 0.868. The zero-order valence-corrected chi connectivity index (χ0v) is 18.1. The van der Waals surface area contributed by atoms with E-state index in [9.17, 15) is 32.3 Å². The lowest BCUT2D eigenvalue weighted by Crippen LogP contribution is -2.53. The van der Waals surface area contributed by atoms with Gasteiger partial charge in [0.2, 0.25) is 0 Å². The molecule has 3 aliphatic rings. The van der Waals surface area contributed by atoms with Crippen LogP contribution in [0.25, 0.3) is 0 Å². The fourth-order valence-corrected chi connectivity index (χ4v) is 6.68. The topological polar surface area (TPSA) is 122 Å². The number of hydrazine groups is 1. The first-order valence-corrected chi connectivity index (χ1v) is 12.2. The molecular weight excluding hydrogens is 446 g/mol. The third kappa shape index (κ3) is 4.32. The Morgan fingerprint density at radius 3 is 2.47 bits per heavy atom. The number of amides is 3. The minimum absolute atomic E-state index is 0.0578. The monoisotopic (exact) mass is 472 g/mol. The van der Waals surface area contributed by atoms with E-state index < -0.39 is 29.0 Å². The number of nitrogens with zero attached hydrogens (tertiary/aromatic N) is 2. The van der Waals surface area contributed by atoms with Crippen LogP contribution in [0.1, 0.15) is 58.4 Å². The average molecular weight is 473 g/mol. The lowest BCUT2D eigenvalue weighted by molar-refractivity contribution is -0.132. The predicted octanol–water partition coefficient (Wildman–Crippen LogP) is 2.35. The maximum atomic E-state index is 13.2. The summed E-state index contributed by atoms with van der Waals surface area (Å²) in [6, 6.07) is 4.19. The number of rotatable bonds is 4. The highest BCUT2D eigenvalue weighted by molar-refractivity contribution is 8.22. The number of hydrogen-bond donors (Lipinski definition) is 4. The molecule has 2 atom stereocenters. The Hall–Kier alpha value is -2.28. The van der Waals surface area contributed by atoms with Crippen molar-refractivity contribution in [2.45, 2.75) is 57.2 Å². The summed E-state index contributed by atoms with van der Waals surface area (Å²) < 4.78 is 47.3. The molecule has 1 aromatic carbocycles. The van der Waals surface area contributed by atoms with Gasteiger partial charge in [-0.3, -0.25) is 34.3 Å². The highest BCUT2D eigenvalue weighted by Crippen LogP contribution is 2.52. The number of nitrogens with one attached hydrogen (secondary N) is 2. The largest absolute Gasteiger partial charge is 0.330 e. The first-order chi connectivity index (χ1) is 15.2. The Balaban J connectivity index is 1.50. The summed E-state index contributed by atoms with van der Waals surface area (Å²) in [4.78, 5) is 38.1. The number of fused-ring (bicyclic) bond motifs is 1. The summed E-state index contributed by atoms with van der Waals surface area (Å²) >= 11 is 0. The van der Waals surface area contributed by atoms with Gasteiger partial charge in [-0.05, 0) is 37.0 Å². The van der Waals surface area contributed by atoms with Gasteiger partial charge in [-0.15, -0.1) is 10.8 Å². The predicted molar refractivity (Wildman–Crippen MR) is 113 cm³/mol. The van der Waals surface area contributed by atoms with Crippen LogP contribution in [-0.4, -0.2) is 66.8 Å². The summed E-state index contributed by atoms with van der Waals surface area (Å²) in [7, 11) is -2.82. The van der Waals surface area contributed by atoms with E-state index in [1.165, 1.54) is 12.1 Å². The Morgan fingerprint density at radius 1 is 1.09 bits per heavy atom. The lowest BCUT2D eigenvalue weighted by Gasteiger charge is -2.48. The summed E-state index contributed by atoms with van der Waals surface area (Å²) in [5.41, 5.74) is 4.68. The smallest absolute Gasteiger partial charge is 0.317 e. The number of carbonyl (C=O) groups excluding carboxylic acids is 3. The highest BCUT2D eigenvalue weighted by Gasteiger charge is 2.44. The van der Waals surface area contributed by atoms with E-state index in [-0.39, 0.29) is 23.6 Å². The van der Waals surface area contributed by atoms with Gasteiger partial charge in [0.25, 0.3) is 11.8 Å². The molecule has 0 radical (unpaired) electrons. The molecule has 0 bridgehead atoms. The van der Waals surface area contributed by atoms with Crippen LogP contribution in [0.4, 0.5) is 8.78 Å². The molecule has 4 rings (SSSR count). The van der Waals surface area contributed by atoms with Crippen molar-refractivity contribution < 1.29 is 32.3 Å². The third-order valence-corrected chi connectivity index (χ3v) is 8.38. The van der Waals surface area contributed by atoms with Crippen LogP contribution >= 0.6 is 10.8 Å². The van der Waals surface area contributed by atoms with Crippen LogP contribution in [0.5, 0.6) is 0 Å². The van der Waals surface area contributed by atoms with Crippen LogP contribution < -0.4 is 10.9 Å². The molecule has 32 heavy (non-hydrogen) atoms. The van der Waals surface area contributed by atoms with Crippen molar-refractivity contribution in [1.29, 1.82) is 0 Å². The van der Waals surface area contributed by atoms with E-state index in [0.29, 0.717) is 30.8 Å². The first kappa shape index (κ1) is 22.9. The van der Waals surface area contributed by atoms with Crippen molar-refractivity contribution in [2.24, 2.45) is 0 Å². The maximum Gasteiger partial charge on any atom is 0.317 e. The van der Waals surface area contributed by atoms with E-state index in [0.717, 1.165) is 31.2 Å². The SMILES string of the molecule is O=C(NNC(=O)C(F)F)c1ccc2c(c1)C(=O)N([C@@H]1CCCC[C@H]1N1CCCS1(O)O)C2. The fraction of sp³-hybridized carbons (Fsp3) is 0.550. The van der Waals surface area contributed by atoms with Gasteiger partial charge in [0.05, 0.1) is 5.75 Å². The van der Waals surface area contributed by atoms with Crippen LogP contribution in [0.3, 0.4) is 0 Å². The minimum Gasteiger partial charge on any atom is -0.330 e. The molecule has 4 N–H and O–H groups in total. The molecule has 0 aromatic heterocycles. The molecule has 176 valence electrons. The number of hydrogen-bond acceptors (Lipinski definition) is 6. The first-order valence-electron chi connectivity index (χ1n) is 10.5. The molecule has 1 saturated heterocycles. The van der Waals surface area contributed by atoms with Gasteiger partial charge in [-0.2, -0.15) is 8.78 Å². The average Bonchev–Trinajstić information content (AvgIpc) is 3.29. The van der Waals surface area contributed by atoms with Gasteiger partial charge in [0.1, 0.15) is 0 Å². The minimum atomic E-state index is -3.26. The zero-order chi connectivity index (χ0) is 23.0. The van der Waals surface area contributed by atoms with Gasteiger partial charge < -0.3 is 4.90 Å². The molecule has 1 saturated carbocycles. The Kier molecular flexibility index (Phi) is 6.39. The Labute approximate surface area is 185 Å². The molecule has 0 spiro atoms. The van der Waals surface area contributed by atoms with E-state index in [4.69, 9.17) is 0 Å². The van der Waals surface area contributed by atoms with Crippen molar-refractivity contribution in [3.63, 3.8) is 0 Å². The van der Waals surface area contributed by atoms with Gasteiger partial charge in [0, 0.05) is 36.3 Å². The second kappa shape index (κ2) is 8.93. The van der Waals surface area contributed by atoms with Crippen molar-refractivity contribution in [2.75, 3.05) is 12.3 Å². The number of alkyl halides is 2.